The fraction of sp³-hybridized carbons (Fsp3) is 0.556. The summed E-state index contributed by atoms with van der Waals surface area (Å²) >= 11 is 0. The highest BCUT2D eigenvalue weighted by molar-refractivity contribution is 5.91. The first-order valence-electron chi connectivity index (χ1n) is 17.3. The van der Waals surface area contributed by atoms with Crippen LogP contribution in [-0.4, -0.2) is 121 Å². The van der Waals surface area contributed by atoms with Gasteiger partial charge in [-0.3, -0.25) is 14.5 Å². The molecule has 2 aromatic carbocycles. The first kappa shape index (κ1) is 33.7. The lowest BCUT2D eigenvalue weighted by atomic mass is 9.99. The van der Waals surface area contributed by atoms with Gasteiger partial charge in [0, 0.05) is 83.2 Å². The Morgan fingerprint density at radius 3 is 2.31 bits per heavy atom. The van der Waals surface area contributed by atoms with E-state index in [1.807, 2.05) is 60.0 Å². The maximum Gasteiger partial charge on any atom is 0.322 e. The molecule has 0 bridgehead atoms. The van der Waals surface area contributed by atoms with Crippen molar-refractivity contribution in [2.75, 3.05) is 64.3 Å². The molecule has 4 aliphatic heterocycles. The number of amides is 5. The minimum atomic E-state index is -0.753. The van der Waals surface area contributed by atoms with Crippen LogP contribution in [0, 0.1) is 13.8 Å². The van der Waals surface area contributed by atoms with Gasteiger partial charge in [-0.25, -0.2) is 9.59 Å². The van der Waals surface area contributed by atoms with Crippen LogP contribution in [0.3, 0.4) is 0 Å². The molecule has 2 aromatic rings. The molecular formula is C36H48N6O6. The van der Waals surface area contributed by atoms with E-state index in [-0.39, 0.29) is 24.0 Å². The molecule has 4 aliphatic rings. The number of urea groups is 2. The summed E-state index contributed by atoms with van der Waals surface area (Å²) in [4.78, 5) is 60.0. The molecule has 2 N–H and O–H groups in total. The fourth-order valence-corrected chi connectivity index (χ4v) is 7.76. The number of aryl methyl sites for hydroxylation is 2. The molecule has 48 heavy (non-hydrogen) atoms. The molecule has 0 aromatic heterocycles. The van der Waals surface area contributed by atoms with E-state index in [2.05, 4.69) is 15.5 Å². The Labute approximate surface area is 282 Å². The van der Waals surface area contributed by atoms with Crippen LogP contribution in [0.5, 0.6) is 5.75 Å². The lowest BCUT2D eigenvalue weighted by molar-refractivity contribution is -0.135. The van der Waals surface area contributed by atoms with Crippen LogP contribution in [0.2, 0.25) is 0 Å². The van der Waals surface area contributed by atoms with Crippen molar-refractivity contribution in [3.8, 4) is 5.75 Å². The fourth-order valence-electron chi connectivity index (χ4n) is 7.76. The summed E-state index contributed by atoms with van der Waals surface area (Å²) in [5.41, 5.74) is 4.46. The summed E-state index contributed by atoms with van der Waals surface area (Å²) in [6, 6.07) is 11.1. The van der Waals surface area contributed by atoms with Gasteiger partial charge < -0.3 is 34.8 Å². The van der Waals surface area contributed by atoms with Crippen molar-refractivity contribution in [2.24, 2.45) is 0 Å². The summed E-state index contributed by atoms with van der Waals surface area (Å²) in [5, 5.41) is 6.15. The van der Waals surface area contributed by atoms with Gasteiger partial charge in [-0.15, -0.1) is 0 Å². The number of benzene rings is 2. The summed E-state index contributed by atoms with van der Waals surface area (Å²) in [7, 11) is 0. The van der Waals surface area contributed by atoms with E-state index in [4.69, 9.17) is 9.47 Å². The topological polar surface area (TPSA) is 124 Å². The van der Waals surface area contributed by atoms with Crippen molar-refractivity contribution < 1.29 is 28.7 Å². The number of hydrogen-bond acceptors (Lipinski definition) is 7. The standard InChI is InChI=1S/C36H48N6O6/c1-25-21-27(22-26(2)33(25)48-24-43)23-32(34(44)40-17-15-39(16-18-40)29-10-19-47-20-11-29)38-35(45)41-12-8-30(9-13-41)42-14-7-28-5-3-4-6-31(28)37-36(42)46/h3-6,21-22,24,29-30,32H,7-20,23H2,1-2H3,(H,37,46)(H,38,45)/t32-/m1/s1. The van der Waals surface area contributed by atoms with E-state index in [0.717, 1.165) is 73.5 Å². The van der Waals surface area contributed by atoms with Gasteiger partial charge in [-0.1, -0.05) is 30.3 Å². The average Bonchev–Trinajstić information content (AvgIpc) is 3.27. The zero-order valence-corrected chi connectivity index (χ0v) is 28.1. The van der Waals surface area contributed by atoms with E-state index < -0.39 is 6.04 Å². The molecule has 0 aliphatic carbocycles. The number of rotatable bonds is 8. The lowest BCUT2D eigenvalue weighted by Crippen LogP contribution is -2.59. The van der Waals surface area contributed by atoms with Crippen molar-refractivity contribution in [2.45, 2.75) is 70.5 Å². The van der Waals surface area contributed by atoms with Crippen LogP contribution in [0.1, 0.15) is 47.9 Å². The molecule has 4 heterocycles. The van der Waals surface area contributed by atoms with Crippen molar-refractivity contribution in [3.05, 3.63) is 58.7 Å². The molecule has 3 saturated heterocycles. The van der Waals surface area contributed by atoms with Gasteiger partial charge >= 0.3 is 12.1 Å². The average molecular weight is 661 g/mol. The van der Waals surface area contributed by atoms with Crippen molar-refractivity contribution in [1.82, 2.24) is 24.9 Å². The summed E-state index contributed by atoms with van der Waals surface area (Å²) in [6.45, 7) is 10.2. The zero-order valence-electron chi connectivity index (χ0n) is 28.1. The van der Waals surface area contributed by atoms with Gasteiger partial charge in [0.2, 0.25) is 5.91 Å². The number of likely N-dealkylation sites (tertiary alicyclic amines) is 1. The first-order chi connectivity index (χ1) is 23.3. The van der Waals surface area contributed by atoms with E-state index in [9.17, 15) is 19.2 Å². The molecule has 1 atom stereocenters. The third kappa shape index (κ3) is 7.76. The molecule has 0 radical (unpaired) electrons. The Hall–Kier alpha value is -4.16. The molecule has 3 fully saturated rings. The zero-order chi connectivity index (χ0) is 33.6. The number of nitrogens with zero attached hydrogens (tertiary/aromatic N) is 4. The minimum absolute atomic E-state index is 0.0332. The van der Waals surface area contributed by atoms with Crippen LogP contribution in [0.15, 0.2) is 36.4 Å². The first-order valence-corrected chi connectivity index (χ1v) is 17.3. The van der Waals surface area contributed by atoms with E-state index >= 15 is 0 Å². The largest absolute Gasteiger partial charge is 0.428 e. The molecule has 0 spiro atoms. The summed E-state index contributed by atoms with van der Waals surface area (Å²) in [5.74, 6) is 0.420. The van der Waals surface area contributed by atoms with E-state index in [1.54, 1.807) is 4.90 Å². The van der Waals surface area contributed by atoms with Gasteiger partial charge in [0.05, 0.1) is 0 Å². The van der Waals surface area contributed by atoms with Crippen LogP contribution < -0.4 is 15.4 Å². The number of ether oxygens (including phenoxy) is 2. The van der Waals surface area contributed by atoms with Crippen molar-refractivity contribution >= 4 is 30.1 Å². The molecule has 0 saturated carbocycles. The van der Waals surface area contributed by atoms with Gasteiger partial charge in [0.1, 0.15) is 11.8 Å². The number of carbonyl (C=O) groups is 4. The quantitative estimate of drug-likeness (QED) is 0.417. The highest BCUT2D eigenvalue weighted by Crippen LogP contribution is 2.27. The number of hydrogen-bond donors (Lipinski definition) is 2. The molecule has 0 unspecified atom stereocenters. The normalized spacial score (nSPS) is 20.4. The van der Waals surface area contributed by atoms with Crippen LogP contribution in [0.4, 0.5) is 15.3 Å². The van der Waals surface area contributed by atoms with Gasteiger partial charge in [-0.2, -0.15) is 0 Å². The maximum atomic E-state index is 14.1. The Morgan fingerprint density at radius 2 is 1.62 bits per heavy atom. The molecular weight excluding hydrogens is 612 g/mol. The Kier molecular flexibility index (Phi) is 10.8. The number of nitrogens with one attached hydrogen (secondary N) is 2. The third-order valence-electron chi connectivity index (χ3n) is 10.4. The number of para-hydroxylation sites is 1. The second kappa shape index (κ2) is 15.4. The molecule has 12 heteroatoms. The Morgan fingerprint density at radius 1 is 0.938 bits per heavy atom. The minimum Gasteiger partial charge on any atom is -0.428 e. The maximum absolute atomic E-state index is 14.1. The number of piperidine rings is 1. The van der Waals surface area contributed by atoms with Crippen LogP contribution in [0.25, 0.3) is 0 Å². The van der Waals surface area contributed by atoms with Gasteiger partial charge in [-0.05, 0) is 74.3 Å². The highest BCUT2D eigenvalue weighted by atomic mass is 16.5. The van der Waals surface area contributed by atoms with Crippen LogP contribution >= 0.6 is 0 Å². The summed E-state index contributed by atoms with van der Waals surface area (Å²) < 4.78 is 10.7. The third-order valence-corrected chi connectivity index (χ3v) is 10.4. The smallest absolute Gasteiger partial charge is 0.322 e. The number of anilines is 1. The molecule has 6 rings (SSSR count). The number of carbonyl (C=O) groups excluding carboxylic acids is 4. The predicted octanol–water partition coefficient (Wildman–Crippen LogP) is 3.34. The van der Waals surface area contributed by atoms with Crippen LogP contribution in [-0.2, 0) is 27.2 Å². The molecule has 5 amide bonds. The molecule has 258 valence electrons. The SMILES string of the molecule is Cc1cc(C[C@@H](NC(=O)N2CCC(N3CCc4ccccc4NC3=O)CC2)C(=O)N2CCN(C3CCOCC3)CC2)cc(C)c1OC=O. The Balaban J connectivity index is 1.10. The second-order valence-electron chi connectivity index (χ2n) is 13.4. The lowest BCUT2D eigenvalue weighted by Gasteiger charge is -2.42. The molecule has 12 nitrogen and oxygen atoms in total. The van der Waals surface area contributed by atoms with Crippen molar-refractivity contribution in [3.63, 3.8) is 0 Å². The van der Waals surface area contributed by atoms with Crippen molar-refractivity contribution in [1.29, 1.82) is 0 Å². The predicted molar refractivity (Wildman–Crippen MR) is 181 cm³/mol. The monoisotopic (exact) mass is 660 g/mol. The second-order valence-corrected chi connectivity index (χ2v) is 13.4. The van der Waals surface area contributed by atoms with E-state index in [0.29, 0.717) is 70.2 Å². The number of fused-ring (bicyclic) bond motifs is 1. The summed E-state index contributed by atoms with van der Waals surface area (Å²) in [6.07, 6.45) is 4.47. The van der Waals surface area contributed by atoms with Gasteiger partial charge in [0.15, 0.2) is 0 Å². The van der Waals surface area contributed by atoms with Gasteiger partial charge in [0.25, 0.3) is 6.47 Å². The number of piperazine rings is 1. The Bertz CT molecular complexity index is 1460. The van der Waals surface area contributed by atoms with E-state index in [1.165, 1.54) is 0 Å². The highest BCUT2D eigenvalue weighted by Gasteiger charge is 2.35.